The molecule has 0 bridgehead atoms. The summed E-state index contributed by atoms with van der Waals surface area (Å²) >= 11 is 1.88. The molecule has 1 aromatic carbocycles. The van der Waals surface area contributed by atoms with Gasteiger partial charge in [0.1, 0.15) is 5.82 Å². The van der Waals surface area contributed by atoms with Crippen LogP contribution in [0.4, 0.5) is 15.8 Å². The number of anilines is 2. The molecule has 0 aromatic heterocycles. The van der Waals surface area contributed by atoms with Gasteiger partial charge >= 0.3 is 0 Å². The number of aliphatic hydroxyl groups excluding tert-OH is 1. The monoisotopic (exact) mass is 324 g/mol. The van der Waals surface area contributed by atoms with E-state index in [4.69, 9.17) is 10.8 Å². The van der Waals surface area contributed by atoms with Gasteiger partial charge in [0.2, 0.25) is 0 Å². The highest BCUT2D eigenvalue weighted by Gasteiger charge is 2.17. The van der Waals surface area contributed by atoms with Crippen LogP contribution in [0.1, 0.15) is 13.8 Å². The molecule has 1 aromatic rings. The number of hydrogen-bond acceptors (Lipinski definition) is 3. The first kappa shape index (κ1) is 12.5. The molecule has 4 N–H and O–H groups in total. The van der Waals surface area contributed by atoms with E-state index >= 15 is 0 Å². The second-order valence-electron chi connectivity index (χ2n) is 4.02. The van der Waals surface area contributed by atoms with E-state index in [1.807, 2.05) is 36.4 Å². The molecule has 0 saturated carbocycles. The zero-order chi connectivity index (χ0) is 11.6. The van der Waals surface area contributed by atoms with Gasteiger partial charge in [0.05, 0.1) is 27.1 Å². The molecule has 0 atom stereocenters. The number of nitrogen functional groups attached to an aromatic ring is 1. The molecule has 0 radical (unpaired) electrons. The number of aliphatic hydroxyl groups is 1. The van der Waals surface area contributed by atoms with E-state index in [2.05, 4.69) is 5.32 Å². The predicted octanol–water partition coefficient (Wildman–Crippen LogP) is 2.20. The Morgan fingerprint density at radius 3 is 2.67 bits per heavy atom. The smallest absolute Gasteiger partial charge is 0.138 e. The first-order valence-electron chi connectivity index (χ1n) is 4.49. The minimum absolute atomic E-state index is 0.0555. The molecule has 0 saturated heterocycles. The van der Waals surface area contributed by atoms with Crippen molar-refractivity contribution in [1.82, 2.24) is 0 Å². The van der Waals surface area contributed by atoms with Crippen LogP contribution in [0.15, 0.2) is 12.1 Å². The van der Waals surface area contributed by atoms with Crippen LogP contribution < -0.4 is 11.1 Å². The number of hydrogen-bond donors (Lipinski definition) is 3. The Balaban J connectivity index is 3.01. The van der Waals surface area contributed by atoms with Crippen molar-refractivity contribution < 1.29 is 9.50 Å². The number of nitrogens with one attached hydrogen (secondary N) is 1. The molecular weight excluding hydrogens is 310 g/mol. The van der Waals surface area contributed by atoms with Crippen molar-refractivity contribution in [2.24, 2.45) is 0 Å². The van der Waals surface area contributed by atoms with Crippen LogP contribution in [0.5, 0.6) is 0 Å². The lowest BCUT2D eigenvalue weighted by atomic mass is 10.1. The van der Waals surface area contributed by atoms with E-state index in [1.54, 1.807) is 6.07 Å². The summed E-state index contributed by atoms with van der Waals surface area (Å²) in [5.41, 5.74) is 6.20. The molecule has 15 heavy (non-hydrogen) atoms. The average Bonchev–Trinajstić information content (AvgIpc) is 2.14. The van der Waals surface area contributed by atoms with Crippen LogP contribution >= 0.6 is 22.6 Å². The lowest BCUT2D eigenvalue weighted by molar-refractivity contribution is 0.234. The molecule has 0 aliphatic heterocycles. The Morgan fingerprint density at radius 1 is 1.53 bits per heavy atom. The molecule has 0 unspecified atom stereocenters. The summed E-state index contributed by atoms with van der Waals surface area (Å²) in [7, 11) is 0. The third-order valence-corrected chi connectivity index (χ3v) is 2.79. The molecule has 0 aliphatic rings. The zero-order valence-electron chi connectivity index (χ0n) is 8.64. The second kappa shape index (κ2) is 4.52. The molecule has 0 fully saturated rings. The fourth-order valence-corrected chi connectivity index (χ4v) is 1.57. The van der Waals surface area contributed by atoms with Crippen molar-refractivity contribution in [2.45, 2.75) is 19.4 Å². The molecule has 5 heteroatoms. The van der Waals surface area contributed by atoms with Gasteiger partial charge in [0.15, 0.2) is 0 Å². The lowest BCUT2D eigenvalue weighted by Gasteiger charge is -2.25. The number of nitrogens with two attached hydrogens (primary N) is 1. The Morgan fingerprint density at radius 2 is 2.13 bits per heavy atom. The predicted molar refractivity (Wildman–Crippen MR) is 68.3 cm³/mol. The van der Waals surface area contributed by atoms with Gasteiger partial charge in [-0.05, 0) is 42.5 Å². The van der Waals surface area contributed by atoms with Gasteiger partial charge in [-0.2, -0.15) is 0 Å². The maximum atomic E-state index is 13.3. The maximum Gasteiger partial charge on any atom is 0.138 e. The van der Waals surface area contributed by atoms with Gasteiger partial charge in [0, 0.05) is 6.07 Å². The molecular formula is C10H14FIN2O. The van der Waals surface area contributed by atoms with Crippen molar-refractivity contribution >= 4 is 34.0 Å². The standard InChI is InChI=1S/C10H14FIN2O/c1-10(2,5-15)14-9-3-6(11)7(12)4-8(9)13/h3-4,14-15H,5,13H2,1-2H3. The second-order valence-corrected chi connectivity index (χ2v) is 5.18. The zero-order valence-corrected chi connectivity index (χ0v) is 10.8. The number of rotatable bonds is 3. The Hall–Kier alpha value is -0.560. The highest BCUT2D eigenvalue weighted by molar-refractivity contribution is 14.1. The van der Waals surface area contributed by atoms with Crippen molar-refractivity contribution in [1.29, 1.82) is 0 Å². The summed E-state index contributed by atoms with van der Waals surface area (Å²) in [4.78, 5) is 0. The molecule has 0 aliphatic carbocycles. The van der Waals surface area contributed by atoms with Gasteiger partial charge in [0.25, 0.3) is 0 Å². The molecule has 0 spiro atoms. The minimum Gasteiger partial charge on any atom is -0.397 e. The van der Waals surface area contributed by atoms with Crippen molar-refractivity contribution in [3.63, 3.8) is 0 Å². The fourth-order valence-electron chi connectivity index (χ4n) is 1.07. The molecule has 3 nitrogen and oxygen atoms in total. The van der Waals surface area contributed by atoms with E-state index in [0.29, 0.717) is 14.9 Å². The van der Waals surface area contributed by atoms with E-state index in [1.165, 1.54) is 6.07 Å². The van der Waals surface area contributed by atoms with Gasteiger partial charge in [-0.15, -0.1) is 0 Å². The fraction of sp³-hybridized carbons (Fsp3) is 0.400. The van der Waals surface area contributed by atoms with Gasteiger partial charge in [-0.3, -0.25) is 0 Å². The van der Waals surface area contributed by atoms with Crippen LogP contribution in [0.2, 0.25) is 0 Å². The van der Waals surface area contributed by atoms with E-state index in [9.17, 15) is 4.39 Å². The normalized spacial score (nSPS) is 11.5. The van der Waals surface area contributed by atoms with Crippen LogP contribution in [0.25, 0.3) is 0 Å². The molecule has 1 rings (SSSR count). The Kier molecular flexibility index (Phi) is 3.77. The third-order valence-electron chi connectivity index (χ3n) is 1.96. The highest BCUT2D eigenvalue weighted by Crippen LogP contribution is 2.26. The topological polar surface area (TPSA) is 58.3 Å². The minimum atomic E-state index is -0.520. The van der Waals surface area contributed by atoms with Crippen molar-refractivity contribution in [3.8, 4) is 0 Å². The lowest BCUT2D eigenvalue weighted by Crippen LogP contribution is -2.35. The average molecular weight is 324 g/mol. The first-order valence-corrected chi connectivity index (χ1v) is 5.57. The molecule has 0 heterocycles. The first-order chi connectivity index (χ1) is 6.85. The quantitative estimate of drug-likeness (QED) is 0.590. The van der Waals surface area contributed by atoms with E-state index < -0.39 is 5.54 Å². The molecule has 84 valence electrons. The summed E-state index contributed by atoms with van der Waals surface area (Å²) in [6.07, 6.45) is 0. The number of benzene rings is 1. The van der Waals surface area contributed by atoms with Gasteiger partial charge in [-0.1, -0.05) is 0 Å². The van der Waals surface area contributed by atoms with Crippen molar-refractivity contribution in [2.75, 3.05) is 17.7 Å². The summed E-state index contributed by atoms with van der Waals surface area (Å²) in [5.74, 6) is -0.318. The summed E-state index contributed by atoms with van der Waals surface area (Å²) in [5, 5.41) is 12.1. The largest absolute Gasteiger partial charge is 0.397 e. The Labute approximate surface area is 102 Å². The van der Waals surface area contributed by atoms with Gasteiger partial charge in [-0.25, -0.2) is 4.39 Å². The van der Waals surface area contributed by atoms with E-state index in [0.717, 1.165) is 0 Å². The van der Waals surface area contributed by atoms with E-state index in [-0.39, 0.29) is 12.4 Å². The van der Waals surface area contributed by atoms with Crippen LogP contribution in [-0.4, -0.2) is 17.3 Å². The van der Waals surface area contributed by atoms with Crippen molar-refractivity contribution in [3.05, 3.63) is 21.5 Å². The van der Waals surface area contributed by atoms with Crippen LogP contribution in [-0.2, 0) is 0 Å². The summed E-state index contributed by atoms with van der Waals surface area (Å²) in [6.45, 7) is 3.56. The van der Waals surface area contributed by atoms with Gasteiger partial charge < -0.3 is 16.2 Å². The number of halogens is 2. The maximum absolute atomic E-state index is 13.3. The highest BCUT2D eigenvalue weighted by atomic mass is 127. The summed E-state index contributed by atoms with van der Waals surface area (Å²) in [6, 6.07) is 2.90. The Bertz CT molecular complexity index is 369. The summed E-state index contributed by atoms with van der Waals surface area (Å²) < 4.78 is 13.8. The molecule has 0 amide bonds. The van der Waals surface area contributed by atoms with Crippen LogP contribution in [0, 0.1) is 9.39 Å². The van der Waals surface area contributed by atoms with Crippen LogP contribution in [0.3, 0.4) is 0 Å². The SMILES string of the molecule is CC(C)(CO)Nc1cc(F)c(I)cc1N. The third kappa shape index (κ3) is 3.20.